The molecule has 0 aliphatic heterocycles. The lowest BCUT2D eigenvalue weighted by atomic mass is 10.2. The molecule has 21 heavy (non-hydrogen) atoms. The Hall–Kier alpha value is -2.94. The number of carbonyl (C=O) groups is 1. The van der Waals surface area contributed by atoms with E-state index in [1.807, 2.05) is 30.3 Å². The Bertz CT molecular complexity index is 701. The minimum absolute atomic E-state index is 0.0744. The molecule has 1 aliphatic carbocycles. The highest BCUT2D eigenvalue weighted by Crippen LogP contribution is 2.30. The molecule has 1 saturated carbocycles. The summed E-state index contributed by atoms with van der Waals surface area (Å²) >= 11 is 0. The second-order valence-electron chi connectivity index (χ2n) is 4.87. The summed E-state index contributed by atoms with van der Waals surface area (Å²) in [5.74, 6) is 0.788. The highest BCUT2D eigenvalue weighted by molar-refractivity contribution is 5.94. The van der Waals surface area contributed by atoms with Crippen molar-refractivity contribution in [3.05, 3.63) is 42.4 Å². The fourth-order valence-corrected chi connectivity index (χ4v) is 1.86. The first-order valence-electron chi connectivity index (χ1n) is 6.65. The minimum Gasteiger partial charge on any atom is -0.339 e. The van der Waals surface area contributed by atoms with E-state index in [0.29, 0.717) is 5.82 Å². The minimum atomic E-state index is 0.0744. The van der Waals surface area contributed by atoms with Crippen molar-refractivity contribution in [3.8, 4) is 6.07 Å². The molecule has 0 atom stereocenters. The predicted molar refractivity (Wildman–Crippen MR) is 77.8 cm³/mol. The number of hydrogen-bond donors (Lipinski definition) is 2. The van der Waals surface area contributed by atoms with E-state index in [1.54, 1.807) is 0 Å². The predicted octanol–water partition coefficient (Wildman–Crippen LogP) is 2.44. The van der Waals surface area contributed by atoms with Crippen LogP contribution in [0.3, 0.4) is 0 Å². The molecule has 1 fully saturated rings. The molecule has 6 heteroatoms. The fraction of sp³-hybridized carbons (Fsp3) is 0.200. The summed E-state index contributed by atoms with van der Waals surface area (Å²) < 4.78 is 0. The molecule has 2 aromatic rings. The van der Waals surface area contributed by atoms with Crippen LogP contribution in [0.5, 0.6) is 0 Å². The van der Waals surface area contributed by atoms with Crippen LogP contribution in [0.25, 0.3) is 0 Å². The summed E-state index contributed by atoms with van der Waals surface area (Å²) in [6.45, 7) is 0. The molecule has 1 aromatic carbocycles. The van der Waals surface area contributed by atoms with Crippen molar-refractivity contribution in [1.29, 1.82) is 5.26 Å². The van der Waals surface area contributed by atoms with Crippen molar-refractivity contribution in [2.45, 2.75) is 12.8 Å². The highest BCUT2D eigenvalue weighted by atomic mass is 16.2. The smallest absolute Gasteiger partial charge is 0.227 e. The molecule has 0 spiro atoms. The van der Waals surface area contributed by atoms with Crippen LogP contribution < -0.4 is 10.6 Å². The average Bonchev–Trinajstić information content (AvgIpc) is 3.33. The standard InChI is InChI=1S/C15H13N5O/c16-7-13-8-18-14(9-17-13)19-11-2-1-3-12(6-11)20-15(21)10-4-5-10/h1-3,6,8-10H,4-5H2,(H,18,19)(H,20,21). The Labute approximate surface area is 121 Å². The SMILES string of the molecule is N#Cc1cnc(Nc2cccc(NC(=O)C3CC3)c2)cn1. The number of amides is 1. The van der Waals surface area contributed by atoms with Crippen LogP contribution in [-0.2, 0) is 4.79 Å². The number of carbonyl (C=O) groups excluding carboxylic acids is 1. The number of nitriles is 1. The first kappa shape index (κ1) is 13.1. The lowest BCUT2D eigenvalue weighted by Gasteiger charge is -2.08. The summed E-state index contributed by atoms with van der Waals surface area (Å²) in [4.78, 5) is 19.8. The van der Waals surface area contributed by atoms with Gasteiger partial charge >= 0.3 is 0 Å². The van der Waals surface area contributed by atoms with Crippen LogP contribution in [0.2, 0.25) is 0 Å². The second kappa shape index (κ2) is 5.59. The van der Waals surface area contributed by atoms with Gasteiger partial charge in [0.1, 0.15) is 11.9 Å². The van der Waals surface area contributed by atoms with Crippen molar-refractivity contribution in [2.75, 3.05) is 10.6 Å². The zero-order valence-electron chi connectivity index (χ0n) is 11.2. The summed E-state index contributed by atoms with van der Waals surface area (Å²) in [5, 5.41) is 14.6. The number of rotatable bonds is 4. The Kier molecular flexibility index (Phi) is 3.48. The van der Waals surface area contributed by atoms with Gasteiger partial charge in [0.2, 0.25) is 5.91 Å². The molecule has 3 rings (SSSR count). The average molecular weight is 279 g/mol. The summed E-state index contributed by atoms with van der Waals surface area (Å²) in [6, 6.07) is 9.31. The van der Waals surface area contributed by atoms with Crippen molar-refractivity contribution < 1.29 is 4.79 Å². The summed E-state index contributed by atoms with van der Waals surface area (Å²) in [7, 11) is 0. The fourth-order valence-electron chi connectivity index (χ4n) is 1.86. The summed E-state index contributed by atoms with van der Waals surface area (Å²) in [6.07, 6.45) is 4.85. The van der Waals surface area contributed by atoms with Gasteiger partial charge in [-0.3, -0.25) is 4.79 Å². The molecule has 1 amide bonds. The van der Waals surface area contributed by atoms with E-state index < -0.39 is 0 Å². The van der Waals surface area contributed by atoms with Gasteiger partial charge in [-0.15, -0.1) is 0 Å². The molecular formula is C15H13N5O. The van der Waals surface area contributed by atoms with E-state index in [2.05, 4.69) is 20.6 Å². The quantitative estimate of drug-likeness (QED) is 0.897. The Morgan fingerprint density at radius 1 is 1.24 bits per heavy atom. The van der Waals surface area contributed by atoms with Crippen LogP contribution in [-0.4, -0.2) is 15.9 Å². The molecule has 1 aliphatic rings. The molecule has 0 saturated heterocycles. The Morgan fingerprint density at radius 3 is 2.71 bits per heavy atom. The maximum atomic E-state index is 11.7. The zero-order valence-corrected chi connectivity index (χ0v) is 11.2. The van der Waals surface area contributed by atoms with Gasteiger partial charge < -0.3 is 10.6 Å². The number of nitrogens with zero attached hydrogens (tertiary/aromatic N) is 3. The summed E-state index contributed by atoms with van der Waals surface area (Å²) in [5.41, 5.74) is 1.81. The van der Waals surface area contributed by atoms with E-state index in [4.69, 9.17) is 5.26 Å². The van der Waals surface area contributed by atoms with Crippen LogP contribution in [0.4, 0.5) is 17.2 Å². The molecule has 2 N–H and O–H groups in total. The number of anilines is 3. The molecule has 104 valence electrons. The molecule has 0 bridgehead atoms. The molecule has 6 nitrogen and oxygen atoms in total. The van der Waals surface area contributed by atoms with E-state index in [9.17, 15) is 4.79 Å². The largest absolute Gasteiger partial charge is 0.339 e. The van der Waals surface area contributed by atoms with Crippen molar-refractivity contribution in [2.24, 2.45) is 5.92 Å². The lowest BCUT2D eigenvalue weighted by molar-refractivity contribution is -0.117. The van der Waals surface area contributed by atoms with Gasteiger partial charge in [0.05, 0.1) is 12.4 Å². The lowest BCUT2D eigenvalue weighted by Crippen LogP contribution is -2.13. The monoisotopic (exact) mass is 279 g/mol. The van der Waals surface area contributed by atoms with Gasteiger partial charge in [0.15, 0.2) is 5.69 Å². The molecule has 0 radical (unpaired) electrons. The third-order valence-electron chi connectivity index (χ3n) is 3.12. The molecule has 0 unspecified atom stereocenters. The topological polar surface area (TPSA) is 90.7 Å². The number of hydrogen-bond acceptors (Lipinski definition) is 5. The molecule has 1 aromatic heterocycles. The van der Waals surface area contributed by atoms with E-state index in [0.717, 1.165) is 24.2 Å². The van der Waals surface area contributed by atoms with Gasteiger partial charge in [-0.05, 0) is 31.0 Å². The maximum absolute atomic E-state index is 11.7. The normalized spacial score (nSPS) is 13.3. The van der Waals surface area contributed by atoms with E-state index >= 15 is 0 Å². The van der Waals surface area contributed by atoms with Crippen LogP contribution >= 0.6 is 0 Å². The Morgan fingerprint density at radius 2 is 2.05 bits per heavy atom. The second-order valence-corrected chi connectivity index (χ2v) is 4.87. The third-order valence-corrected chi connectivity index (χ3v) is 3.12. The zero-order chi connectivity index (χ0) is 14.7. The Balaban J connectivity index is 1.69. The number of benzene rings is 1. The van der Waals surface area contributed by atoms with Crippen molar-refractivity contribution in [3.63, 3.8) is 0 Å². The van der Waals surface area contributed by atoms with E-state index in [-0.39, 0.29) is 17.5 Å². The van der Waals surface area contributed by atoms with Gasteiger partial charge in [-0.2, -0.15) is 5.26 Å². The van der Waals surface area contributed by atoms with Crippen LogP contribution in [0.15, 0.2) is 36.7 Å². The van der Waals surface area contributed by atoms with Gasteiger partial charge in [0.25, 0.3) is 0 Å². The van der Waals surface area contributed by atoms with Gasteiger partial charge in [0, 0.05) is 17.3 Å². The van der Waals surface area contributed by atoms with Gasteiger partial charge in [-0.25, -0.2) is 9.97 Å². The first-order valence-corrected chi connectivity index (χ1v) is 6.65. The van der Waals surface area contributed by atoms with Gasteiger partial charge in [-0.1, -0.05) is 6.07 Å². The first-order chi connectivity index (χ1) is 10.2. The number of aromatic nitrogens is 2. The van der Waals surface area contributed by atoms with Crippen LogP contribution in [0, 0.1) is 17.2 Å². The maximum Gasteiger partial charge on any atom is 0.227 e. The molecule has 1 heterocycles. The molecular weight excluding hydrogens is 266 g/mol. The highest BCUT2D eigenvalue weighted by Gasteiger charge is 2.29. The third kappa shape index (κ3) is 3.34. The van der Waals surface area contributed by atoms with Crippen molar-refractivity contribution in [1.82, 2.24) is 9.97 Å². The van der Waals surface area contributed by atoms with E-state index in [1.165, 1.54) is 12.4 Å². The van der Waals surface area contributed by atoms with Crippen molar-refractivity contribution >= 4 is 23.1 Å². The number of nitrogens with one attached hydrogen (secondary N) is 2. The van der Waals surface area contributed by atoms with Crippen LogP contribution in [0.1, 0.15) is 18.5 Å².